The van der Waals surface area contributed by atoms with Gasteiger partial charge in [0.2, 0.25) is 5.91 Å². The maximum atomic E-state index is 13.0. The first-order valence-electron chi connectivity index (χ1n) is 11.9. The summed E-state index contributed by atoms with van der Waals surface area (Å²) in [5.41, 5.74) is 2.90. The molecule has 0 radical (unpaired) electrons. The second kappa shape index (κ2) is 10.4. The van der Waals surface area contributed by atoms with Crippen molar-refractivity contribution in [2.45, 2.75) is 39.3 Å². The van der Waals surface area contributed by atoms with Crippen molar-refractivity contribution in [1.82, 2.24) is 20.7 Å². The molecule has 3 N–H and O–H groups in total. The fraction of sp³-hybridized carbons (Fsp3) is 0.333. The lowest BCUT2D eigenvalue weighted by Crippen LogP contribution is -2.45. The molecule has 10 heteroatoms. The number of carbonyl (C=O) groups is 3. The van der Waals surface area contributed by atoms with Crippen molar-refractivity contribution in [1.29, 1.82) is 0 Å². The van der Waals surface area contributed by atoms with E-state index >= 15 is 0 Å². The lowest BCUT2D eigenvalue weighted by atomic mass is 10.0. The van der Waals surface area contributed by atoms with Gasteiger partial charge in [-0.25, -0.2) is 10.3 Å². The minimum Gasteiger partial charge on any atom is -0.457 e. The van der Waals surface area contributed by atoms with Crippen molar-refractivity contribution >= 4 is 28.8 Å². The van der Waals surface area contributed by atoms with Crippen LogP contribution in [-0.2, 0) is 9.53 Å². The van der Waals surface area contributed by atoms with Crippen LogP contribution >= 0.6 is 0 Å². The molecule has 194 valence electrons. The van der Waals surface area contributed by atoms with Crippen LogP contribution in [0, 0.1) is 12.8 Å². The van der Waals surface area contributed by atoms with Gasteiger partial charge in [0.15, 0.2) is 0 Å². The molecule has 37 heavy (non-hydrogen) atoms. The van der Waals surface area contributed by atoms with Gasteiger partial charge < -0.3 is 19.7 Å². The van der Waals surface area contributed by atoms with Crippen LogP contribution in [0.25, 0.3) is 10.9 Å². The van der Waals surface area contributed by atoms with Gasteiger partial charge in [0.05, 0.1) is 17.5 Å². The van der Waals surface area contributed by atoms with Gasteiger partial charge in [0.1, 0.15) is 17.1 Å². The number of para-hydroxylation sites is 1. The number of hydroxylamine groups is 1. The quantitative estimate of drug-likeness (QED) is 0.354. The fourth-order valence-electron chi connectivity index (χ4n) is 4.18. The number of aromatic nitrogens is 1. The van der Waals surface area contributed by atoms with Gasteiger partial charge >= 0.3 is 6.09 Å². The number of rotatable bonds is 5. The Morgan fingerprint density at radius 1 is 1.05 bits per heavy atom. The average molecular weight is 507 g/mol. The number of hydrogen-bond donors (Lipinski definition) is 3. The van der Waals surface area contributed by atoms with E-state index in [2.05, 4.69) is 10.3 Å². The molecular weight excluding hydrogens is 476 g/mol. The molecule has 4 rings (SSSR count). The van der Waals surface area contributed by atoms with E-state index in [0.29, 0.717) is 17.1 Å². The largest absolute Gasteiger partial charge is 0.457 e. The number of likely N-dealkylation sites (tertiary alicyclic amines) is 1. The van der Waals surface area contributed by atoms with Gasteiger partial charge in [-0.2, -0.15) is 0 Å². The highest BCUT2D eigenvalue weighted by molar-refractivity contribution is 5.95. The Kier molecular flexibility index (Phi) is 7.30. The van der Waals surface area contributed by atoms with E-state index in [0.717, 1.165) is 16.6 Å². The van der Waals surface area contributed by atoms with Gasteiger partial charge in [0.25, 0.3) is 5.91 Å². The highest BCUT2D eigenvalue weighted by atomic mass is 16.6. The van der Waals surface area contributed by atoms with E-state index in [1.165, 1.54) is 4.90 Å². The van der Waals surface area contributed by atoms with Crippen LogP contribution in [0.5, 0.6) is 11.5 Å². The summed E-state index contributed by atoms with van der Waals surface area (Å²) in [6.45, 7) is 7.17. The standard InChI is InChI=1S/C27H30N4O6/c1-16-13-23(19-7-5-6-8-21(19)28-16)36-18-11-9-17(10-12-18)24(32)29-22-15-31(14-20(22)25(33)30-35)26(34)37-27(2,3)4/h5-13,20,22,35H,14-15H2,1-4H3,(H,29,32)(H,30,33)/t20-,22+/m0/s1. The van der Waals surface area contributed by atoms with Crippen molar-refractivity contribution < 1.29 is 29.1 Å². The van der Waals surface area contributed by atoms with Gasteiger partial charge in [-0.05, 0) is 64.1 Å². The first-order chi connectivity index (χ1) is 17.5. The van der Waals surface area contributed by atoms with Gasteiger partial charge in [-0.1, -0.05) is 12.1 Å². The Hall–Kier alpha value is -4.18. The topological polar surface area (TPSA) is 130 Å². The van der Waals surface area contributed by atoms with Gasteiger partial charge in [-0.15, -0.1) is 0 Å². The molecule has 2 atom stereocenters. The smallest absolute Gasteiger partial charge is 0.410 e. The zero-order chi connectivity index (χ0) is 26.7. The van der Waals surface area contributed by atoms with E-state index in [9.17, 15) is 14.4 Å². The van der Waals surface area contributed by atoms with E-state index in [-0.39, 0.29) is 13.1 Å². The number of nitrogens with one attached hydrogen (secondary N) is 2. The lowest BCUT2D eigenvalue weighted by Gasteiger charge is -2.24. The summed E-state index contributed by atoms with van der Waals surface area (Å²) in [7, 11) is 0. The minimum absolute atomic E-state index is 0.00165. The van der Waals surface area contributed by atoms with Crippen molar-refractivity contribution in [3.8, 4) is 11.5 Å². The summed E-state index contributed by atoms with van der Waals surface area (Å²) in [6.07, 6.45) is -0.597. The minimum atomic E-state index is -0.840. The molecule has 0 unspecified atom stereocenters. The molecule has 0 aliphatic carbocycles. The van der Waals surface area contributed by atoms with E-state index < -0.39 is 35.5 Å². The molecule has 0 spiro atoms. The summed E-state index contributed by atoms with van der Waals surface area (Å²) in [4.78, 5) is 43.5. The molecule has 0 bridgehead atoms. The lowest BCUT2D eigenvalue weighted by molar-refractivity contribution is -0.133. The molecule has 0 saturated carbocycles. The van der Waals surface area contributed by atoms with Crippen LogP contribution in [0.2, 0.25) is 0 Å². The number of aryl methyl sites for hydroxylation is 1. The molecule has 1 fully saturated rings. The zero-order valence-corrected chi connectivity index (χ0v) is 21.1. The van der Waals surface area contributed by atoms with Crippen molar-refractivity contribution in [2.24, 2.45) is 5.92 Å². The molecule has 1 aliphatic rings. The molecule has 3 aromatic rings. The highest BCUT2D eigenvalue weighted by Gasteiger charge is 2.41. The van der Waals surface area contributed by atoms with E-state index in [1.54, 1.807) is 50.5 Å². The molecule has 10 nitrogen and oxygen atoms in total. The predicted molar refractivity (Wildman–Crippen MR) is 135 cm³/mol. The van der Waals surface area contributed by atoms with Crippen LogP contribution in [-0.4, -0.2) is 57.7 Å². The number of hydrogen-bond acceptors (Lipinski definition) is 7. The van der Waals surface area contributed by atoms with Crippen LogP contribution in [0.3, 0.4) is 0 Å². The maximum Gasteiger partial charge on any atom is 0.410 e. The number of nitrogens with zero attached hydrogens (tertiary/aromatic N) is 2. The predicted octanol–water partition coefficient (Wildman–Crippen LogP) is 3.81. The third-order valence-corrected chi connectivity index (χ3v) is 5.89. The number of amides is 3. The Balaban J connectivity index is 1.45. The van der Waals surface area contributed by atoms with Crippen molar-refractivity contribution in [3.63, 3.8) is 0 Å². The van der Waals surface area contributed by atoms with Crippen LogP contribution in [0.15, 0.2) is 54.6 Å². The van der Waals surface area contributed by atoms with Crippen LogP contribution in [0.4, 0.5) is 4.79 Å². The van der Waals surface area contributed by atoms with Gasteiger partial charge in [-0.3, -0.25) is 19.8 Å². The summed E-state index contributed by atoms with van der Waals surface area (Å²) >= 11 is 0. The Morgan fingerprint density at radius 3 is 2.43 bits per heavy atom. The molecule has 1 aliphatic heterocycles. The number of fused-ring (bicyclic) bond motifs is 1. The highest BCUT2D eigenvalue weighted by Crippen LogP contribution is 2.30. The molecular formula is C27H30N4O6. The SMILES string of the molecule is Cc1cc(Oc2ccc(C(=O)N[C@@H]3CN(C(=O)OC(C)(C)C)C[C@@H]3C(=O)NO)cc2)c2ccccc2n1. The first kappa shape index (κ1) is 25.9. The second-order valence-electron chi connectivity index (χ2n) is 9.95. The normalized spacial score (nSPS) is 17.4. The maximum absolute atomic E-state index is 13.0. The van der Waals surface area contributed by atoms with Crippen LogP contribution < -0.4 is 15.5 Å². The summed E-state index contributed by atoms with van der Waals surface area (Å²) in [5.74, 6) is -0.760. The third kappa shape index (κ3) is 6.15. The number of pyridine rings is 1. The summed E-state index contributed by atoms with van der Waals surface area (Å²) in [6, 6.07) is 15.4. The molecule has 1 saturated heterocycles. The van der Waals surface area contributed by atoms with Crippen LogP contribution in [0.1, 0.15) is 36.8 Å². The number of benzene rings is 2. The molecule has 2 aromatic carbocycles. The number of ether oxygens (including phenoxy) is 2. The molecule has 3 amide bonds. The average Bonchev–Trinajstić information content (AvgIpc) is 3.27. The van der Waals surface area contributed by atoms with Crippen molar-refractivity contribution in [2.75, 3.05) is 13.1 Å². The fourth-order valence-corrected chi connectivity index (χ4v) is 4.18. The zero-order valence-electron chi connectivity index (χ0n) is 21.1. The summed E-state index contributed by atoms with van der Waals surface area (Å²) < 4.78 is 11.5. The van der Waals surface area contributed by atoms with E-state index in [4.69, 9.17) is 14.7 Å². The van der Waals surface area contributed by atoms with E-state index in [1.807, 2.05) is 37.3 Å². The third-order valence-electron chi connectivity index (χ3n) is 5.89. The number of carbonyl (C=O) groups excluding carboxylic acids is 3. The first-order valence-corrected chi connectivity index (χ1v) is 11.9. The summed E-state index contributed by atoms with van der Waals surface area (Å²) in [5, 5.41) is 12.8. The molecule has 1 aromatic heterocycles. The monoisotopic (exact) mass is 506 g/mol. The Labute approximate surface area is 214 Å². The Morgan fingerprint density at radius 2 is 1.76 bits per heavy atom. The molecule has 2 heterocycles. The van der Waals surface area contributed by atoms with Crippen molar-refractivity contribution in [3.05, 3.63) is 65.9 Å². The van der Waals surface area contributed by atoms with Gasteiger partial charge in [0, 0.05) is 35.8 Å². The Bertz CT molecular complexity index is 1320. The second-order valence-corrected chi connectivity index (χ2v) is 9.95.